The highest BCUT2D eigenvalue weighted by Crippen LogP contribution is 2.24. The van der Waals surface area contributed by atoms with Crippen LogP contribution in [-0.2, 0) is 16.1 Å². The third-order valence-electron chi connectivity index (χ3n) is 5.91. The molecule has 172 valence electrons. The zero-order valence-electron chi connectivity index (χ0n) is 18.8. The minimum absolute atomic E-state index is 0.165. The minimum Gasteiger partial charge on any atom is -0.483 e. The van der Waals surface area contributed by atoms with Crippen molar-refractivity contribution in [2.45, 2.75) is 65.1 Å². The minimum atomic E-state index is -0.669. The number of benzene rings is 2. The van der Waals surface area contributed by atoms with E-state index in [9.17, 15) is 9.59 Å². The molecule has 7 heteroatoms. The fourth-order valence-corrected chi connectivity index (χ4v) is 4.46. The summed E-state index contributed by atoms with van der Waals surface area (Å²) in [6.07, 6.45) is 4.19. The van der Waals surface area contributed by atoms with Crippen molar-refractivity contribution in [1.82, 2.24) is 10.2 Å². The van der Waals surface area contributed by atoms with Gasteiger partial charge >= 0.3 is 0 Å². The molecule has 2 amide bonds. The molecule has 1 unspecified atom stereocenters. The summed E-state index contributed by atoms with van der Waals surface area (Å²) >= 11 is 12.4. The Balaban J connectivity index is 1.76. The Kier molecular flexibility index (Phi) is 8.44. The molecule has 1 aliphatic rings. The molecule has 1 aliphatic carbocycles. The first-order valence-corrected chi connectivity index (χ1v) is 11.7. The predicted octanol–water partition coefficient (Wildman–Crippen LogP) is 5.47. The van der Waals surface area contributed by atoms with Gasteiger partial charge in [-0.25, -0.2) is 0 Å². The standard InChI is InChI=1S/C25H30Cl2N2O3/c1-16-8-11-23(17(2)12-16)32-15-24(30)29(14-19-9-10-20(26)13-22(19)27)18(3)25(31)28-21-6-4-5-7-21/h8-13,18,21H,4-7,14-15H2,1-3H3,(H,28,31). The molecule has 1 fully saturated rings. The van der Waals surface area contributed by atoms with Crippen LogP contribution in [-0.4, -0.2) is 35.4 Å². The maximum atomic E-state index is 13.2. The van der Waals surface area contributed by atoms with E-state index >= 15 is 0 Å². The number of carbonyl (C=O) groups is 2. The van der Waals surface area contributed by atoms with Gasteiger partial charge in [-0.1, -0.05) is 59.8 Å². The van der Waals surface area contributed by atoms with Crippen molar-refractivity contribution in [2.24, 2.45) is 0 Å². The molecular weight excluding hydrogens is 447 g/mol. The molecular formula is C25H30Cl2N2O3. The summed E-state index contributed by atoms with van der Waals surface area (Å²) in [5.41, 5.74) is 2.80. The molecule has 1 saturated carbocycles. The van der Waals surface area contributed by atoms with Crippen molar-refractivity contribution in [3.63, 3.8) is 0 Å². The van der Waals surface area contributed by atoms with Crippen LogP contribution < -0.4 is 10.1 Å². The molecule has 0 bridgehead atoms. The van der Waals surface area contributed by atoms with E-state index in [1.807, 2.05) is 32.0 Å². The Morgan fingerprint density at radius 2 is 1.84 bits per heavy atom. The summed E-state index contributed by atoms with van der Waals surface area (Å²) in [5, 5.41) is 4.05. The van der Waals surface area contributed by atoms with E-state index in [1.54, 1.807) is 25.1 Å². The number of ether oxygens (including phenoxy) is 1. The monoisotopic (exact) mass is 476 g/mol. The van der Waals surface area contributed by atoms with Crippen LogP contribution in [0.1, 0.15) is 49.3 Å². The Labute approximate surface area is 200 Å². The molecule has 0 radical (unpaired) electrons. The zero-order valence-corrected chi connectivity index (χ0v) is 20.3. The number of rotatable bonds is 8. The molecule has 5 nitrogen and oxygen atoms in total. The SMILES string of the molecule is Cc1ccc(OCC(=O)N(Cc2ccc(Cl)cc2Cl)C(C)C(=O)NC2CCCC2)c(C)c1. The molecule has 32 heavy (non-hydrogen) atoms. The van der Waals surface area contributed by atoms with E-state index in [0.717, 1.165) is 42.4 Å². The number of amides is 2. The van der Waals surface area contributed by atoms with Crippen LogP contribution in [0.4, 0.5) is 0 Å². The number of halogens is 2. The quantitative estimate of drug-likeness (QED) is 0.549. The van der Waals surface area contributed by atoms with Crippen molar-refractivity contribution in [2.75, 3.05) is 6.61 Å². The number of nitrogens with one attached hydrogen (secondary N) is 1. The average Bonchev–Trinajstić information content (AvgIpc) is 3.25. The lowest BCUT2D eigenvalue weighted by Crippen LogP contribution is -2.50. The first-order valence-electron chi connectivity index (χ1n) is 11.0. The van der Waals surface area contributed by atoms with Crippen molar-refractivity contribution in [3.8, 4) is 5.75 Å². The smallest absolute Gasteiger partial charge is 0.261 e. The fraction of sp³-hybridized carbons (Fsp3) is 0.440. The number of hydrogen-bond acceptors (Lipinski definition) is 3. The fourth-order valence-electron chi connectivity index (χ4n) is 3.99. The second-order valence-electron chi connectivity index (χ2n) is 8.48. The van der Waals surface area contributed by atoms with Crippen molar-refractivity contribution in [3.05, 3.63) is 63.1 Å². The largest absolute Gasteiger partial charge is 0.483 e. The molecule has 1 atom stereocenters. The molecule has 0 heterocycles. The van der Waals surface area contributed by atoms with Gasteiger partial charge in [-0.05, 0) is 62.9 Å². The lowest BCUT2D eigenvalue weighted by molar-refractivity contribution is -0.142. The molecule has 2 aromatic carbocycles. The van der Waals surface area contributed by atoms with E-state index in [1.165, 1.54) is 4.90 Å². The first-order chi connectivity index (χ1) is 15.2. The second-order valence-corrected chi connectivity index (χ2v) is 9.32. The summed E-state index contributed by atoms with van der Waals surface area (Å²) in [4.78, 5) is 27.7. The Hall–Kier alpha value is -2.24. The third-order valence-corrected chi connectivity index (χ3v) is 6.49. The van der Waals surface area contributed by atoms with Crippen molar-refractivity contribution < 1.29 is 14.3 Å². The van der Waals surface area contributed by atoms with Gasteiger partial charge in [0.25, 0.3) is 5.91 Å². The van der Waals surface area contributed by atoms with Crippen LogP contribution in [0.5, 0.6) is 5.75 Å². The van der Waals surface area contributed by atoms with Crippen LogP contribution >= 0.6 is 23.2 Å². The Morgan fingerprint density at radius 1 is 1.12 bits per heavy atom. The summed E-state index contributed by atoms with van der Waals surface area (Å²) in [7, 11) is 0. The van der Waals surface area contributed by atoms with Crippen LogP contribution in [0.25, 0.3) is 0 Å². The number of nitrogens with zero attached hydrogens (tertiary/aromatic N) is 1. The molecule has 0 spiro atoms. The highest BCUT2D eigenvalue weighted by Gasteiger charge is 2.29. The number of aryl methyl sites for hydroxylation is 2. The molecule has 0 saturated heterocycles. The molecule has 0 aliphatic heterocycles. The van der Waals surface area contributed by atoms with Crippen LogP contribution in [0.2, 0.25) is 10.0 Å². The zero-order chi connectivity index (χ0) is 23.3. The first kappa shape index (κ1) is 24.4. The van der Waals surface area contributed by atoms with Crippen molar-refractivity contribution in [1.29, 1.82) is 0 Å². The number of hydrogen-bond donors (Lipinski definition) is 1. The van der Waals surface area contributed by atoms with Crippen LogP contribution in [0.3, 0.4) is 0 Å². The lowest BCUT2D eigenvalue weighted by atomic mass is 10.1. The normalized spacial score (nSPS) is 14.8. The summed E-state index contributed by atoms with van der Waals surface area (Å²) < 4.78 is 5.81. The van der Waals surface area contributed by atoms with Crippen LogP contribution in [0.15, 0.2) is 36.4 Å². The van der Waals surface area contributed by atoms with Gasteiger partial charge in [0.2, 0.25) is 5.91 Å². The van der Waals surface area contributed by atoms with Gasteiger partial charge < -0.3 is 15.0 Å². The van der Waals surface area contributed by atoms with Gasteiger partial charge in [0.15, 0.2) is 6.61 Å². The van der Waals surface area contributed by atoms with Crippen LogP contribution in [0, 0.1) is 13.8 Å². The van der Waals surface area contributed by atoms with Gasteiger partial charge in [-0.2, -0.15) is 0 Å². The number of carbonyl (C=O) groups excluding carboxylic acids is 2. The van der Waals surface area contributed by atoms with E-state index in [2.05, 4.69) is 5.32 Å². The van der Waals surface area contributed by atoms with Gasteiger partial charge in [0, 0.05) is 22.6 Å². The third kappa shape index (κ3) is 6.39. The second kappa shape index (κ2) is 11.1. The molecule has 1 N–H and O–H groups in total. The van der Waals surface area contributed by atoms with Gasteiger partial charge in [0.1, 0.15) is 11.8 Å². The Morgan fingerprint density at radius 3 is 2.50 bits per heavy atom. The maximum Gasteiger partial charge on any atom is 0.261 e. The van der Waals surface area contributed by atoms with Gasteiger partial charge in [-0.15, -0.1) is 0 Å². The predicted molar refractivity (Wildman–Crippen MR) is 128 cm³/mol. The lowest BCUT2D eigenvalue weighted by Gasteiger charge is -2.30. The van der Waals surface area contributed by atoms with E-state index < -0.39 is 6.04 Å². The Bertz CT molecular complexity index is 974. The maximum absolute atomic E-state index is 13.2. The van der Waals surface area contributed by atoms with Gasteiger partial charge in [-0.3, -0.25) is 9.59 Å². The topological polar surface area (TPSA) is 58.6 Å². The molecule has 3 rings (SSSR count). The average molecular weight is 477 g/mol. The summed E-state index contributed by atoms with van der Waals surface area (Å²) in [5.74, 6) is 0.198. The molecule has 0 aromatic heterocycles. The summed E-state index contributed by atoms with van der Waals surface area (Å²) in [6.45, 7) is 5.70. The van der Waals surface area contributed by atoms with Gasteiger partial charge in [0.05, 0.1) is 0 Å². The van der Waals surface area contributed by atoms with Crippen molar-refractivity contribution >= 4 is 35.0 Å². The van der Waals surface area contributed by atoms with E-state index in [4.69, 9.17) is 27.9 Å². The molecule has 2 aromatic rings. The van der Waals surface area contributed by atoms with E-state index in [0.29, 0.717) is 15.8 Å². The van der Waals surface area contributed by atoms with E-state index in [-0.39, 0.29) is 31.0 Å². The summed E-state index contributed by atoms with van der Waals surface area (Å²) in [6, 6.07) is 10.4. The highest BCUT2D eigenvalue weighted by atomic mass is 35.5. The highest BCUT2D eigenvalue weighted by molar-refractivity contribution is 6.35.